The SMILES string of the molecule is Cc1nn(C)c(Cl)c1COc1ccc(CCl)cc1Br. The first kappa shape index (κ1) is 14.7. The van der Waals surface area contributed by atoms with Crippen LogP contribution in [0.5, 0.6) is 5.75 Å². The van der Waals surface area contributed by atoms with Gasteiger partial charge in [0.25, 0.3) is 0 Å². The lowest BCUT2D eigenvalue weighted by molar-refractivity contribution is 0.303. The molecule has 1 aromatic carbocycles. The Morgan fingerprint density at radius 1 is 1.42 bits per heavy atom. The molecule has 6 heteroatoms. The van der Waals surface area contributed by atoms with Crippen molar-refractivity contribution in [1.29, 1.82) is 0 Å². The first-order valence-electron chi connectivity index (χ1n) is 5.68. The molecule has 102 valence electrons. The monoisotopic (exact) mass is 362 g/mol. The predicted molar refractivity (Wildman–Crippen MR) is 81.0 cm³/mol. The summed E-state index contributed by atoms with van der Waals surface area (Å²) in [4.78, 5) is 0. The molecule has 1 heterocycles. The minimum atomic E-state index is 0.386. The summed E-state index contributed by atoms with van der Waals surface area (Å²) < 4.78 is 8.29. The van der Waals surface area contributed by atoms with E-state index in [4.69, 9.17) is 27.9 Å². The zero-order valence-corrected chi connectivity index (χ0v) is 13.7. The van der Waals surface area contributed by atoms with Crippen LogP contribution >= 0.6 is 39.1 Å². The van der Waals surface area contributed by atoms with Gasteiger partial charge in [0.15, 0.2) is 0 Å². The molecule has 0 unspecified atom stereocenters. The third-order valence-corrected chi connectivity index (χ3v) is 4.19. The molecule has 0 atom stereocenters. The summed E-state index contributed by atoms with van der Waals surface area (Å²) in [5, 5.41) is 4.85. The second-order valence-corrected chi connectivity index (χ2v) is 5.65. The van der Waals surface area contributed by atoms with Crippen molar-refractivity contribution in [3.8, 4) is 5.75 Å². The van der Waals surface area contributed by atoms with Crippen molar-refractivity contribution >= 4 is 39.1 Å². The second-order valence-electron chi connectivity index (χ2n) is 4.17. The fraction of sp³-hybridized carbons (Fsp3) is 0.308. The van der Waals surface area contributed by atoms with Crippen LogP contribution in [0, 0.1) is 6.92 Å². The van der Waals surface area contributed by atoms with Crippen LogP contribution < -0.4 is 4.74 Å². The highest BCUT2D eigenvalue weighted by Gasteiger charge is 2.12. The smallest absolute Gasteiger partial charge is 0.134 e. The summed E-state index contributed by atoms with van der Waals surface area (Å²) in [6.07, 6.45) is 0. The van der Waals surface area contributed by atoms with Gasteiger partial charge < -0.3 is 4.74 Å². The van der Waals surface area contributed by atoms with Gasteiger partial charge in [0, 0.05) is 18.5 Å². The molecule has 0 spiro atoms. The molecular weight excluding hydrogens is 351 g/mol. The number of aryl methyl sites for hydroxylation is 2. The molecule has 0 fully saturated rings. The van der Waals surface area contributed by atoms with Gasteiger partial charge in [-0.2, -0.15) is 5.10 Å². The van der Waals surface area contributed by atoms with Crippen LogP contribution in [-0.4, -0.2) is 9.78 Å². The molecular formula is C13H13BrCl2N2O. The molecule has 0 radical (unpaired) electrons. The molecule has 0 aliphatic heterocycles. The number of aromatic nitrogens is 2. The molecule has 1 aromatic heterocycles. The normalized spacial score (nSPS) is 10.8. The van der Waals surface area contributed by atoms with Crippen molar-refractivity contribution in [3.05, 3.63) is 44.6 Å². The van der Waals surface area contributed by atoms with Crippen LogP contribution in [0.4, 0.5) is 0 Å². The molecule has 0 saturated carbocycles. The summed E-state index contributed by atoms with van der Waals surface area (Å²) in [6, 6.07) is 5.77. The van der Waals surface area contributed by atoms with E-state index in [1.807, 2.05) is 32.2 Å². The van der Waals surface area contributed by atoms with E-state index in [0.29, 0.717) is 17.6 Å². The summed E-state index contributed by atoms with van der Waals surface area (Å²) in [5.41, 5.74) is 2.81. The minimum Gasteiger partial charge on any atom is -0.488 e. The molecule has 0 aliphatic carbocycles. The van der Waals surface area contributed by atoms with Crippen molar-refractivity contribution in [3.63, 3.8) is 0 Å². The molecule has 0 saturated heterocycles. The highest BCUT2D eigenvalue weighted by atomic mass is 79.9. The lowest BCUT2D eigenvalue weighted by atomic mass is 10.2. The van der Waals surface area contributed by atoms with Crippen LogP contribution in [0.15, 0.2) is 22.7 Å². The van der Waals surface area contributed by atoms with Crippen molar-refractivity contribution in [2.45, 2.75) is 19.4 Å². The van der Waals surface area contributed by atoms with Gasteiger partial charge in [0.05, 0.1) is 10.2 Å². The number of alkyl halides is 1. The van der Waals surface area contributed by atoms with E-state index < -0.39 is 0 Å². The van der Waals surface area contributed by atoms with Crippen LogP contribution in [0.1, 0.15) is 16.8 Å². The van der Waals surface area contributed by atoms with E-state index in [-0.39, 0.29) is 0 Å². The average molecular weight is 364 g/mol. The first-order chi connectivity index (χ1) is 9.02. The molecule has 0 aliphatic rings. The third-order valence-electron chi connectivity index (χ3n) is 2.79. The standard InChI is InChI=1S/C13H13BrCl2N2O/c1-8-10(13(16)18(2)17-8)7-19-12-4-3-9(6-15)5-11(12)14/h3-5H,6-7H2,1-2H3. The number of hydrogen-bond acceptors (Lipinski definition) is 2. The summed E-state index contributed by atoms with van der Waals surface area (Å²) in [7, 11) is 1.81. The number of ether oxygens (including phenoxy) is 1. The number of hydrogen-bond donors (Lipinski definition) is 0. The van der Waals surface area contributed by atoms with Gasteiger partial charge in [-0.1, -0.05) is 17.7 Å². The lowest BCUT2D eigenvalue weighted by Gasteiger charge is -2.09. The van der Waals surface area contributed by atoms with Gasteiger partial charge in [-0.3, -0.25) is 4.68 Å². The maximum absolute atomic E-state index is 6.16. The Hall–Kier alpha value is -0.710. The van der Waals surface area contributed by atoms with Crippen LogP contribution in [0.2, 0.25) is 5.15 Å². The van der Waals surface area contributed by atoms with E-state index >= 15 is 0 Å². The summed E-state index contributed by atoms with van der Waals surface area (Å²) >= 11 is 15.4. The fourth-order valence-corrected chi connectivity index (χ4v) is 2.67. The second kappa shape index (κ2) is 6.16. The molecule has 2 aromatic rings. The molecule has 3 nitrogen and oxygen atoms in total. The quantitative estimate of drug-likeness (QED) is 0.749. The highest BCUT2D eigenvalue weighted by Crippen LogP contribution is 2.28. The topological polar surface area (TPSA) is 27.1 Å². The zero-order valence-electron chi connectivity index (χ0n) is 10.6. The van der Waals surface area contributed by atoms with Crippen LogP contribution in [0.25, 0.3) is 0 Å². The lowest BCUT2D eigenvalue weighted by Crippen LogP contribution is -1.98. The van der Waals surface area contributed by atoms with Gasteiger partial charge in [-0.25, -0.2) is 0 Å². The van der Waals surface area contributed by atoms with E-state index in [1.165, 1.54) is 0 Å². The molecule has 0 N–H and O–H groups in total. The van der Waals surface area contributed by atoms with Crippen molar-refractivity contribution < 1.29 is 4.74 Å². The van der Waals surface area contributed by atoms with Crippen molar-refractivity contribution in [2.24, 2.45) is 7.05 Å². The largest absolute Gasteiger partial charge is 0.488 e. The maximum atomic E-state index is 6.16. The van der Waals surface area contributed by atoms with E-state index in [2.05, 4.69) is 21.0 Å². The van der Waals surface area contributed by atoms with Crippen molar-refractivity contribution in [2.75, 3.05) is 0 Å². The Kier molecular flexibility index (Phi) is 4.76. The predicted octanol–water partition coefficient (Wildman–Crippen LogP) is 4.46. The van der Waals surface area contributed by atoms with Gasteiger partial charge in [0.1, 0.15) is 17.5 Å². The van der Waals surface area contributed by atoms with Gasteiger partial charge >= 0.3 is 0 Å². The van der Waals surface area contributed by atoms with E-state index in [0.717, 1.165) is 27.0 Å². The number of halogens is 3. The Bertz CT molecular complexity index is 599. The number of nitrogens with zero attached hydrogens (tertiary/aromatic N) is 2. The van der Waals surface area contributed by atoms with Crippen molar-refractivity contribution in [1.82, 2.24) is 9.78 Å². The Balaban J connectivity index is 2.14. The van der Waals surface area contributed by atoms with E-state index in [9.17, 15) is 0 Å². The Morgan fingerprint density at radius 3 is 2.68 bits per heavy atom. The molecule has 19 heavy (non-hydrogen) atoms. The Morgan fingerprint density at radius 2 is 2.16 bits per heavy atom. The van der Waals surface area contributed by atoms with Crippen LogP contribution in [0.3, 0.4) is 0 Å². The Labute approximate surface area is 130 Å². The third kappa shape index (κ3) is 3.25. The minimum absolute atomic E-state index is 0.386. The average Bonchev–Trinajstić information content (AvgIpc) is 2.62. The molecule has 0 amide bonds. The number of rotatable bonds is 4. The van der Waals surface area contributed by atoms with Gasteiger partial charge in [-0.05, 0) is 40.5 Å². The first-order valence-corrected chi connectivity index (χ1v) is 7.38. The maximum Gasteiger partial charge on any atom is 0.134 e. The number of benzene rings is 1. The highest BCUT2D eigenvalue weighted by molar-refractivity contribution is 9.10. The van der Waals surface area contributed by atoms with Gasteiger partial charge in [-0.15, -0.1) is 11.6 Å². The van der Waals surface area contributed by atoms with Crippen LogP contribution in [-0.2, 0) is 19.5 Å². The van der Waals surface area contributed by atoms with Gasteiger partial charge in [0.2, 0.25) is 0 Å². The molecule has 2 rings (SSSR count). The van der Waals surface area contributed by atoms with E-state index in [1.54, 1.807) is 4.68 Å². The summed E-state index contributed by atoms with van der Waals surface area (Å²) in [6.45, 7) is 2.30. The zero-order chi connectivity index (χ0) is 14.0. The molecule has 0 bridgehead atoms. The summed E-state index contributed by atoms with van der Waals surface area (Å²) in [5.74, 6) is 1.24. The fourth-order valence-electron chi connectivity index (χ4n) is 1.73.